The molecule has 3 aliphatic rings. The molecule has 1 saturated carbocycles. The number of aliphatic hydroxyl groups is 3. The number of ketones is 1. The second-order valence-corrected chi connectivity index (χ2v) is 16.5. The fourth-order valence-electron chi connectivity index (χ4n) is 8.83. The summed E-state index contributed by atoms with van der Waals surface area (Å²) in [6.07, 6.45) is 4.92. The van der Waals surface area contributed by atoms with Crippen LogP contribution in [0.1, 0.15) is 96.5 Å². The number of carbonyl (C=O) groups is 1. The lowest BCUT2D eigenvalue weighted by Gasteiger charge is -2.46. The van der Waals surface area contributed by atoms with Gasteiger partial charge in [-0.05, 0) is 98.2 Å². The molecule has 3 N–H and O–H groups in total. The highest BCUT2D eigenvalue weighted by Crippen LogP contribution is 2.59. The second kappa shape index (κ2) is 18.5. The number of hydrogen-bond donors (Lipinski definition) is 3. The summed E-state index contributed by atoms with van der Waals surface area (Å²) in [6, 6.07) is 30.3. The first-order valence-electron chi connectivity index (χ1n) is 19.6. The smallest absolute Gasteiger partial charge is 0.167 e. The van der Waals surface area contributed by atoms with Crippen molar-refractivity contribution in [3.8, 4) is 0 Å². The van der Waals surface area contributed by atoms with Gasteiger partial charge >= 0.3 is 0 Å². The molecule has 6 nitrogen and oxygen atoms in total. The lowest BCUT2D eigenvalue weighted by Crippen LogP contribution is -2.53. The van der Waals surface area contributed by atoms with E-state index in [0.29, 0.717) is 63.9 Å². The zero-order valence-electron chi connectivity index (χ0n) is 32.1. The average molecular weight is 768 g/mol. The van der Waals surface area contributed by atoms with Gasteiger partial charge in [0.15, 0.2) is 5.78 Å². The summed E-state index contributed by atoms with van der Waals surface area (Å²) in [7, 11) is 0. The Labute approximate surface area is 330 Å². The van der Waals surface area contributed by atoms with Gasteiger partial charge in [0.05, 0.1) is 31.0 Å². The van der Waals surface area contributed by atoms with E-state index in [0.717, 1.165) is 35.1 Å². The molecule has 0 unspecified atom stereocenters. The van der Waals surface area contributed by atoms with E-state index in [1.807, 2.05) is 66.7 Å². The van der Waals surface area contributed by atoms with Crippen LogP contribution in [-0.4, -0.2) is 63.5 Å². The van der Waals surface area contributed by atoms with Crippen LogP contribution in [0.25, 0.3) is 0 Å². The van der Waals surface area contributed by atoms with E-state index < -0.39 is 29.0 Å². The number of benzene rings is 4. The van der Waals surface area contributed by atoms with Crippen molar-refractivity contribution in [2.75, 3.05) is 19.7 Å². The van der Waals surface area contributed by atoms with E-state index in [4.69, 9.17) is 16.3 Å². The molecule has 5 atom stereocenters. The first kappa shape index (κ1) is 41.0. The monoisotopic (exact) mass is 767 g/mol. The molecule has 3 aliphatic carbocycles. The third-order valence-electron chi connectivity index (χ3n) is 12.0. The number of carbonyl (C=O) groups excluding carboxylic acids is 1. The maximum absolute atomic E-state index is 15.0. The van der Waals surface area contributed by atoms with Crippen LogP contribution in [-0.2, 0) is 30.7 Å². The van der Waals surface area contributed by atoms with Crippen LogP contribution >= 0.6 is 11.6 Å². The molecule has 4 aromatic carbocycles. The van der Waals surface area contributed by atoms with Crippen molar-refractivity contribution in [1.82, 2.24) is 4.90 Å². The normalized spacial score (nSPS) is 23.6. The van der Waals surface area contributed by atoms with Gasteiger partial charge in [-0.1, -0.05) is 109 Å². The molecule has 0 spiro atoms. The van der Waals surface area contributed by atoms with Crippen molar-refractivity contribution in [2.24, 2.45) is 5.41 Å². The van der Waals surface area contributed by atoms with E-state index >= 15 is 4.39 Å². The molecule has 55 heavy (non-hydrogen) atoms. The van der Waals surface area contributed by atoms with Crippen molar-refractivity contribution in [3.05, 3.63) is 153 Å². The van der Waals surface area contributed by atoms with E-state index in [1.54, 1.807) is 6.07 Å². The summed E-state index contributed by atoms with van der Waals surface area (Å²) in [5, 5.41) is 35.6. The zero-order chi connectivity index (χ0) is 39.0. The summed E-state index contributed by atoms with van der Waals surface area (Å²) >= 11 is 6.41. The Balaban J connectivity index is 1.33. The number of halogens is 2. The molecular formula is C47H55ClFNO5. The Morgan fingerprint density at radius 1 is 0.982 bits per heavy atom. The Morgan fingerprint density at radius 2 is 1.71 bits per heavy atom. The summed E-state index contributed by atoms with van der Waals surface area (Å²) < 4.78 is 20.9. The first-order chi connectivity index (χ1) is 26.4. The number of allylic oxidation sites excluding steroid dienone is 2. The molecule has 0 heterocycles. The zero-order valence-corrected chi connectivity index (χ0v) is 32.9. The van der Waals surface area contributed by atoms with Crippen molar-refractivity contribution >= 4 is 17.4 Å². The quantitative estimate of drug-likeness (QED) is 0.0930. The Hall–Kier alpha value is -3.69. The number of Topliss-reactive ketones (excluding diaryl/α,β-unsaturated/α-hetero) is 1. The number of rotatable bonds is 13. The van der Waals surface area contributed by atoms with Gasteiger partial charge in [-0.25, -0.2) is 4.39 Å². The Bertz CT molecular complexity index is 1900. The predicted molar refractivity (Wildman–Crippen MR) is 217 cm³/mol. The fraction of sp³-hybridized carbons (Fsp3) is 0.426. The van der Waals surface area contributed by atoms with Crippen LogP contribution in [0.4, 0.5) is 4.39 Å². The predicted octanol–water partition coefficient (Wildman–Crippen LogP) is 9.02. The number of ether oxygens (including phenoxy) is 1. The minimum Gasteiger partial charge on any atom is -0.393 e. The molecule has 0 amide bonds. The van der Waals surface area contributed by atoms with Crippen LogP contribution in [0.3, 0.4) is 0 Å². The van der Waals surface area contributed by atoms with E-state index in [2.05, 4.69) is 37.0 Å². The molecule has 4 aromatic rings. The molecule has 0 aromatic heterocycles. The second-order valence-electron chi connectivity index (χ2n) is 16.1. The number of hydrogen-bond acceptors (Lipinski definition) is 6. The van der Waals surface area contributed by atoms with Crippen LogP contribution < -0.4 is 0 Å². The van der Waals surface area contributed by atoms with Crippen molar-refractivity contribution in [1.29, 1.82) is 0 Å². The molecule has 0 saturated heterocycles. The highest BCUT2D eigenvalue weighted by Gasteiger charge is 2.57. The summed E-state index contributed by atoms with van der Waals surface area (Å²) in [4.78, 5) is 16.5. The average Bonchev–Trinajstić information content (AvgIpc) is 3.41. The Kier molecular flexibility index (Phi) is 13.8. The van der Waals surface area contributed by atoms with E-state index in [9.17, 15) is 20.1 Å². The van der Waals surface area contributed by atoms with Crippen molar-refractivity contribution < 1.29 is 29.2 Å². The summed E-state index contributed by atoms with van der Waals surface area (Å²) in [6.45, 7) is 5.95. The molecule has 7 rings (SSSR count). The van der Waals surface area contributed by atoms with Crippen molar-refractivity contribution in [2.45, 2.75) is 102 Å². The standard InChI is InChI=1S/C47H55ClFNO5/c1-33-11-10-23-46(2)42(39-21-19-36(25-37(51)20-18-33)26-40(39)45(53)27-41-43(48)16-9-17-44(41)49)22-24-47(46,54)32-50(28-34-12-5-3-6-13-34)29-38(52)31-55-30-35-14-7-4-8-15-35/h3-9,11-17,19,21,26,37-38,42,51-52,54H,10,18,20,22-25,27-32H2,1-2H3/t37-,38+,42-,46-,47+/m0/s1. The largest absolute Gasteiger partial charge is 0.393 e. The van der Waals surface area contributed by atoms with Gasteiger partial charge in [0, 0.05) is 47.6 Å². The minimum absolute atomic E-state index is 0.154. The van der Waals surface area contributed by atoms with Gasteiger partial charge in [-0.3, -0.25) is 9.69 Å². The lowest BCUT2D eigenvalue weighted by atomic mass is 9.64. The third kappa shape index (κ3) is 10.2. The maximum atomic E-state index is 15.0. The maximum Gasteiger partial charge on any atom is 0.167 e. The molecule has 292 valence electrons. The van der Waals surface area contributed by atoms with Crippen LogP contribution in [0.5, 0.6) is 0 Å². The van der Waals surface area contributed by atoms with Crippen LogP contribution in [0.2, 0.25) is 5.02 Å². The highest BCUT2D eigenvalue weighted by atomic mass is 35.5. The Morgan fingerprint density at radius 3 is 2.44 bits per heavy atom. The van der Waals surface area contributed by atoms with Gasteiger partial charge in [0.25, 0.3) is 0 Å². The number of nitrogens with zero attached hydrogens (tertiary/aromatic N) is 1. The van der Waals surface area contributed by atoms with E-state index in [-0.39, 0.29) is 35.3 Å². The van der Waals surface area contributed by atoms with Crippen molar-refractivity contribution in [3.63, 3.8) is 0 Å². The molecule has 8 heteroatoms. The summed E-state index contributed by atoms with van der Waals surface area (Å²) in [5.41, 5.74) is 3.77. The summed E-state index contributed by atoms with van der Waals surface area (Å²) in [5.74, 6) is -0.964. The topological polar surface area (TPSA) is 90.2 Å². The number of aliphatic hydroxyl groups excluding tert-OH is 2. The minimum atomic E-state index is -1.18. The molecular weight excluding hydrogens is 713 g/mol. The first-order valence-corrected chi connectivity index (χ1v) is 20.0. The van der Waals surface area contributed by atoms with Gasteiger partial charge < -0.3 is 20.1 Å². The molecule has 1 fully saturated rings. The fourth-order valence-corrected chi connectivity index (χ4v) is 9.06. The lowest BCUT2D eigenvalue weighted by molar-refractivity contribution is -0.0923. The van der Waals surface area contributed by atoms with Gasteiger partial charge in [0.1, 0.15) is 5.82 Å². The SMILES string of the molecule is CC1=CCC[C@@]2(C)[C@@H](CC[C@@]2(O)CN(Cc2ccccc2)C[C@@H](O)COCc2ccccc2)c2ccc(cc2C(=O)Cc2c(F)cccc2Cl)C[C@@H](O)CC1. The number of fused-ring (bicyclic) bond motifs is 8. The van der Waals surface area contributed by atoms with E-state index in [1.165, 1.54) is 17.7 Å². The molecule has 2 bridgehead atoms. The van der Waals surface area contributed by atoms with Gasteiger partial charge in [-0.15, -0.1) is 0 Å². The van der Waals surface area contributed by atoms with Crippen LogP contribution in [0.15, 0.2) is 109 Å². The van der Waals surface area contributed by atoms with Crippen LogP contribution in [0, 0.1) is 11.2 Å². The third-order valence-corrected chi connectivity index (χ3v) is 12.4. The highest BCUT2D eigenvalue weighted by molar-refractivity contribution is 6.31. The van der Waals surface area contributed by atoms with Gasteiger partial charge in [-0.2, -0.15) is 0 Å². The molecule has 0 radical (unpaired) electrons. The van der Waals surface area contributed by atoms with Gasteiger partial charge in [0.2, 0.25) is 0 Å². The molecule has 0 aliphatic heterocycles.